The van der Waals surface area contributed by atoms with Crippen LogP contribution in [-0.2, 0) is 6.42 Å². The number of anilines is 1. The SMILES string of the molecule is FC(F)C(F)(F)Oc1cccc([C@@H]2CCc3c(Br)cccc3N2)c1. The summed E-state index contributed by atoms with van der Waals surface area (Å²) in [5.74, 6) is -0.278. The van der Waals surface area contributed by atoms with Crippen molar-refractivity contribution < 1.29 is 22.3 Å². The highest BCUT2D eigenvalue weighted by Gasteiger charge is 2.44. The third kappa shape index (κ3) is 3.50. The topological polar surface area (TPSA) is 21.3 Å². The van der Waals surface area contributed by atoms with Gasteiger partial charge in [-0.1, -0.05) is 34.1 Å². The molecule has 0 bridgehead atoms. The van der Waals surface area contributed by atoms with E-state index < -0.39 is 12.5 Å². The third-order valence-corrected chi connectivity index (χ3v) is 4.64. The fourth-order valence-corrected chi connectivity index (χ4v) is 3.31. The molecule has 1 aliphatic rings. The van der Waals surface area contributed by atoms with Crippen molar-refractivity contribution in [3.63, 3.8) is 0 Å². The highest BCUT2D eigenvalue weighted by atomic mass is 79.9. The second-order valence-corrected chi connectivity index (χ2v) is 6.39. The van der Waals surface area contributed by atoms with Gasteiger partial charge in [-0.05, 0) is 48.2 Å². The molecule has 2 nitrogen and oxygen atoms in total. The van der Waals surface area contributed by atoms with Gasteiger partial charge in [-0.25, -0.2) is 0 Å². The first kappa shape index (κ1) is 17.1. The molecule has 1 aliphatic heterocycles. The second kappa shape index (κ2) is 6.63. The summed E-state index contributed by atoms with van der Waals surface area (Å²) in [6, 6.07) is 11.6. The second-order valence-electron chi connectivity index (χ2n) is 5.54. The Labute approximate surface area is 145 Å². The van der Waals surface area contributed by atoms with E-state index in [9.17, 15) is 17.6 Å². The third-order valence-electron chi connectivity index (χ3n) is 3.90. The summed E-state index contributed by atoms with van der Waals surface area (Å²) in [5.41, 5.74) is 2.83. The number of fused-ring (bicyclic) bond motifs is 1. The average molecular weight is 404 g/mol. The lowest BCUT2D eigenvalue weighted by Crippen LogP contribution is -2.33. The van der Waals surface area contributed by atoms with Gasteiger partial charge in [0.2, 0.25) is 0 Å². The Morgan fingerprint density at radius 2 is 1.92 bits per heavy atom. The van der Waals surface area contributed by atoms with Crippen LogP contribution < -0.4 is 10.1 Å². The first-order valence-corrected chi connectivity index (χ1v) is 8.15. The van der Waals surface area contributed by atoms with E-state index in [4.69, 9.17) is 0 Å². The maximum absolute atomic E-state index is 13.1. The fraction of sp³-hybridized carbons (Fsp3) is 0.294. The molecule has 0 radical (unpaired) electrons. The minimum absolute atomic E-state index is 0.101. The van der Waals surface area contributed by atoms with Crippen LogP contribution in [-0.4, -0.2) is 12.5 Å². The Morgan fingerprint density at radius 1 is 1.17 bits per heavy atom. The van der Waals surface area contributed by atoms with Crippen molar-refractivity contribution in [2.75, 3.05) is 5.32 Å². The van der Waals surface area contributed by atoms with Gasteiger partial charge in [0, 0.05) is 10.2 Å². The van der Waals surface area contributed by atoms with Gasteiger partial charge in [-0.3, -0.25) is 0 Å². The molecule has 0 aliphatic carbocycles. The predicted octanol–water partition coefficient (Wildman–Crippen LogP) is 5.79. The van der Waals surface area contributed by atoms with Crippen molar-refractivity contribution in [2.24, 2.45) is 0 Å². The van der Waals surface area contributed by atoms with Gasteiger partial charge in [0.15, 0.2) is 0 Å². The van der Waals surface area contributed by atoms with Crippen LogP contribution in [0.5, 0.6) is 5.75 Å². The number of hydrogen-bond acceptors (Lipinski definition) is 2. The number of nitrogens with one attached hydrogen (secondary N) is 1. The highest BCUT2D eigenvalue weighted by molar-refractivity contribution is 9.10. The van der Waals surface area contributed by atoms with Gasteiger partial charge in [-0.2, -0.15) is 17.6 Å². The molecule has 1 atom stereocenters. The van der Waals surface area contributed by atoms with Crippen LogP contribution in [0, 0.1) is 0 Å². The molecule has 2 aromatic rings. The number of ether oxygens (including phenoxy) is 1. The molecule has 0 fully saturated rings. The normalized spacial score (nSPS) is 17.3. The van der Waals surface area contributed by atoms with E-state index in [1.165, 1.54) is 18.2 Å². The first-order chi connectivity index (χ1) is 11.4. The van der Waals surface area contributed by atoms with Crippen molar-refractivity contribution in [2.45, 2.75) is 31.4 Å². The van der Waals surface area contributed by atoms with E-state index in [1.807, 2.05) is 18.2 Å². The Hall–Kier alpha value is -1.76. The number of alkyl halides is 4. The highest BCUT2D eigenvalue weighted by Crippen LogP contribution is 2.37. The van der Waals surface area contributed by atoms with Crippen LogP contribution in [0.2, 0.25) is 0 Å². The molecule has 7 heteroatoms. The minimum Gasteiger partial charge on any atom is -0.428 e. The Morgan fingerprint density at radius 3 is 2.67 bits per heavy atom. The lowest BCUT2D eigenvalue weighted by atomic mass is 9.93. The van der Waals surface area contributed by atoms with Gasteiger partial charge in [0.1, 0.15) is 5.75 Å². The molecule has 0 amide bonds. The summed E-state index contributed by atoms with van der Waals surface area (Å²) in [5, 5.41) is 3.35. The van der Waals surface area contributed by atoms with Crippen molar-refractivity contribution in [3.05, 3.63) is 58.1 Å². The van der Waals surface area contributed by atoms with E-state index in [-0.39, 0.29) is 11.8 Å². The number of halogens is 5. The quantitative estimate of drug-likeness (QED) is 0.652. The summed E-state index contributed by atoms with van der Waals surface area (Å²) in [7, 11) is 0. The van der Waals surface area contributed by atoms with Crippen LogP contribution in [0.25, 0.3) is 0 Å². The standard InChI is InChI=1S/C17H14BrF4NO/c18-13-5-2-6-15-12(13)7-8-14(23-15)10-3-1-4-11(9-10)24-17(21,22)16(19)20/h1-6,9,14,16,23H,7-8H2/t14-/m0/s1. The van der Waals surface area contributed by atoms with Crippen LogP contribution in [0.1, 0.15) is 23.6 Å². The zero-order chi connectivity index (χ0) is 17.3. The van der Waals surface area contributed by atoms with E-state index in [1.54, 1.807) is 6.07 Å². The van der Waals surface area contributed by atoms with Crippen molar-refractivity contribution in [1.29, 1.82) is 0 Å². The van der Waals surface area contributed by atoms with Crippen LogP contribution in [0.4, 0.5) is 23.2 Å². The van der Waals surface area contributed by atoms with E-state index >= 15 is 0 Å². The smallest absolute Gasteiger partial charge is 0.428 e. The first-order valence-electron chi connectivity index (χ1n) is 7.35. The van der Waals surface area contributed by atoms with Crippen molar-refractivity contribution in [3.8, 4) is 5.75 Å². The van der Waals surface area contributed by atoms with Crippen molar-refractivity contribution in [1.82, 2.24) is 0 Å². The lowest BCUT2D eigenvalue weighted by Gasteiger charge is -2.28. The molecule has 3 rings (SSSR count). The van der Waals surface area contributed by atoms with Crippen molar-refractivity contribution >= 4 is 21.6 Å². The zero-order valence-electron chi connectivity index (χ0n) is 12.4. The zero-order valence-corrected chi connectivity index (χ0v) is 14.0. The van der Waals surface area contributed by atoms with Gasteiger partial charge < -0.3 is 10.1 Å². The molecular formula is C17H14BrF4NO. The molecule has 2 aromatic carbocycles. The molecule has 0 unspecified atom stereocenters. The lowest BCUT2D eigenvalue weighted by molar-refractivity contribution is -0.253. The largest absolute Gasteiger partial charge is 0.461 e. The maximum atomic E-state index is 13.1. The molecule has 24 heavy (non-hydrogen) atoms. The summed E-state index contributed by atoms with van der Waals surface area (Å²) in [6.45, 7) is 0. The number of benzene rings is 2. The molecule has 128 valence electrons. The van der Waals surface area contributed by atoms with Gasteiger partial charge >= 0.3 is 12.5 Å². The van der Waals surface area contributed by atoms with Gasteiger partial charge in [0.25, 0.3) is 0 Å². The predicted molar refractivity (Wildman–Crippen MR) is 86.8 cm³/mol. The van der Waals surface area contributed by atoms with E-state index in [2.05, 4.69) is 26.0 Å². The number of hydrogen-bond donors (Lipinski definition) is 1. The summed E-state index contributed by atoms with van der Waals surface area (Å²) in [6.07, 6.45) is -6.81. The molecule has 1 N–H and O–H groups in total. The Balaban J connectivity index is 1.80. The van der Waals surface area contributed by atoms with Crippen LogP contribution in [0.3, 0.4) is 0 Å². The maximum Gasteiger partial charge on any atom is 0.461 e. The monoisotopic (exact) mass is 403 g/mol. The molecule has 0 saturated carbocycles. The summed E-state index contributed by atoms with van der Waals surface area (Å²) < 4.78 is 55.8. The van der Waals surface area contributed by atoms with Gasteiger partial charge in [-0.15, -0.1) is 0 Å². The summed E-state index contributed by atoms with van der Waals surface area (Å²) in [4.78, 5) is 0. The van der Waals surface area contributed by atoms with Crippen LogP contribution >= 0.6 is 15.9 Å². The molecule has 1 heterocycles. The van der Waals surface area contributed by atoms with Gasteiger partial charge in [0.05, 0.1) is 6.04 Å². The Kier molecular flexibility index (Phi) is 4.71. The average Bonchev–Trinajstić information content (AvgIpc) is 2.54. The number of rotatable bonds is 4. The minimum atomic E-state index is -4.50. The molecule has 0 spiro atoms. The van der Waals surface area contributed by atoms with E-state index in [0.29, 0.717) is 5.56 Å². The molecule has 0 aromatic heterocycles. The molecular weight excluding hydrogens is 390 g/mol. The Bertz CT molecular complexity index is 738. The molecule has 0 saturated heterocycles. The fourth-order valence-electron chi connectivity index (χ4n) is 2.74. The van der Waals surface area contributed by atoms with Crippen LogP contribution in [0.15, 0.2) is 46.9 Å². The van der Waals surface area contributed by atoms with E-state index in [0.717, 1.165) is 28.6 Å². The summed E-state index contributed by atoms with van der Waals surface area (Å²) >= 11 is 3.50.